The second-order valence-electron chi connectivity index (χ2n) is 2.44. The molecule has 1 heterocycles. The fraction of sp³-hybridized carbons (Fsp3) is 1.00. The summed E-state index contributed by atoms with van der Waals surface area (Å²) in [6.07, 6.45) is -0.204. The molecule has 1 fully saturated rings. The molecule has 2 atom stereocenters. The van der Waals surface area contributed by atoms with Gasteiger partial charge in [0.15, 0.2) is 0 Å². The Kier molecular flexibility index (Phi) is 2.45. The number of rotatable bonds is 2. The minimum Gasteiger partial charge on any atom is -0.391 e. The Morgan fingerprint density at radius 2 is 2.44 bits per heavy atom. The lowest BCUT2D eigenvalue weighted by molar-refractivity contribution is 0.0792. The molecule has 0 radical (unpaired) electrons. The SMILES string of the molecule is COC[C@@H]1CNC[C@H]1O. The molecule has 1 saturated heterocycles. The molecule has 0 bridgehead atoms. The van der Waals surface area contributed by atoms with E-state index < -0.39 is 0 Å². The summed E-state index contributed by atoms with van der Waals surface area (Å²) < 4.78 is 4.90. The van der Waals surface area contributed by atoms with Gasteiger partial charge in [-0.3, -0.25) is 0 Å². The van der Waals surface area contributed by atoms with Gasteiger partial charge in [-0.2, -0.15) is 0 Å². The highest BCUT2D eigenvalue weighted by Gasteiger charge is 2.23. The predicted molar refractivity (Wildman–Crippen MR) is 34.2 cm³/mol. The van der Waals surface area contributed by atoms with Crippen molar-refractivity contribution in [1.82, 2.24) is 5.32 Å². The van der Waals surface area contributed by atoms with Crippen molar-refractivity contribution in [2.24, 2.45) is 5.92 Å². The second kappa shape index (κ2) is 3.15. The van der Waals surface area contributed by atoms with Crippen molar-refractivity contribution in [3.63, 3.8) is 0 Å². The summed E-state index contributed by atoms with van der Waals surface area (Å²) in [6, 6.07) is 0. The number of β-amino-alcohol motifs (C(OH)–C–C–N with tert-alkyl or cyclic N) is 1. The van der Waals surface area contributed by atoms with Gasteiger partial charge in [0.1, 0.15) is 0 Å². The Hall–Kier alpha value is -0.120. The van der Waals surface area contributed by atoms with E-state index in [0.717, 1.165) is 6.54 Å². The van der Waals surface area contributed by atoms with Gasteiger partial charge in [0, 0.05) is 26.1 Å². The molecule has 3 nitrogen and oxygen atoms in total. The minimum atomic E-state index is -0.204. The quantitative estimate of drug-likeness (QED) is 0.516. The lowest BCUT2D eigenvalue weighted by atomic mass is 10.1. The van der Waals surface area contributed by atoms with Crippen molar-refractivity contribution >= 4 is 0 Å². The summed E-state index contributed by atoms with van der Waals surface area (Å²) in [5.74, 6) is 0.301. The van der Waals surface area contributed by atoms with Crippen molar-refractivity contribution in [2.75, 3.05) is 26.8 Å². The lowest BCUT2D eigenvalue weighted by Crippen LogP contribution is -2.21. The monoisotopic (exact) mass is 131 g/mol. The smallest absolute Gasteiger partial charge is 0.0726 e. The van der Waals surface area contributed by atoms with Crippen LogP contribution in [0.5, 0.6) is 0 Å². The largest absolute Gasteiger partial charge is 0.391 e. The first-order valence-corrected chi connectivity index (χ1v) is 3.22. The molecule has 2 N–H and O–H groups in total. The van der Waals surface area contributed by atoms with Crippen molar-refractivity contribution in [3.05, 3.63) is 0 Å². The fourth-order valence-electron chi connectivity index (χ4n) is 1.10. The molecule has 0 amide bonds. The van der Waals surface area contributed by atoms with Gasteiger partial charge in [-0.15, -0.1) is 0 Å². The topological polar surface area (TPSA) is 41.5 Å². The molecule has 0 saturated carbocycles. The molecule has 0 aromatic heterocycles. The first kappa shape index (κ1) is 6.99. The molecule has 54 valence electrons. The Bertz CT molecular complexity index is 87.1. The molecule has 0 aliphatic carbocycles. The van der Waals surface area contributed by atoms with Crippen LogP contribution in [0.4, 0.5) is 0 Å². The molecule has 1 aliphatic heterocycles. The first-order chi connectivity index (χ1) is 4.34. The van der Waals surface area contributed by atoms with Crippen molar-refractivity contribution in [3.8, 4) is 0 Å². The Balaban J connectivity index is 2.22. The Morgan fingerprint density at radius 3 is 2.89 bits per heavy atom. The minimum absolute atomic E-state index is 0.204. The summed E-state index contributed by atoms with van der Waals surface area (Å²) in [6.45, 7) is 2.26. The maximum Gasteiger partial charge on any atom is 0.0726 e. The maximum absolute atomic E-state index is 9.18. The number of aliphatic hydroxyl groups excluding tert-OH is 1. The Labute approximate surface area is 55.0 Å². The summed E-state index contributed by atoms with van der Waals surface area (Å²) in [7, 11) is 1.66. The number of nitrogens with one attached hydrogen (secondary N) is 1. The molecule has 1 rings (SSSR count). The highest BCUT2D eigenvalue weighted by Crippen LogP contribution is 2.07. The highest BCUT2D eigenvalue weighted by atomic mass is 16.5. The average molecular weight is 131 g/mol. The van der Waals surface area contributed by atoms with E-state index in [1.807, 2.05) is 0 Å². The van der Waals surface area contributed by atoms with Crippen LogP contribution in [0.2, 0.25) is 0 Å². The normalized spacial score (nSPS) is 35.3. The third kappa shape index (κ3) is 1.64. The van der Waals surface area contributed by atoms with Crippen LogP contribution in [0.15, 0.2) is 0 Å². The van der Waals surface area contributed by atoms with Crippen LogP contribution in [0.3, 0.4) is 0 Å². The van der Waals surface area contributed by atoms with Crippen LogP contribution in [0.25, 0.3) is 0 Å². The molecular weight excluding hydrogens is 118 g/mol. The van der Waals surface area contributed by atoms with E-state index in [1.165, 1.54) is 0 Å². The van der Waals surface area contributed by atoms with E-state index in [2.05, 4.69) is 5.32 Å². The zero-order chi connectivity index (χ0) is 6.69. The van der Waals surface area contributed by atoms with Crippen LogP contribution < -0.4 is 5.32 Å². The van der Waals surface area contributed by atoms with Crippen molar-refractivity contribution in [2.45, 2.75) is 6.10 Å². The summed E-state index contributed by atoms with van der Waals surface area (Å²) >= 11 is 0. The van der Waals surface area contributed by atoms with Gasteiger partial charge in [0.2, 0.25) is 0 Å². The summed E-state index contributed by atoms with van der Waals surface area (Å²) in [5.41, 5.74) is 0. The van der Waals surface area contributed by atoms with Gasteiger partial charge < -0.3 is 15.2 Å². The maximum atomic E-state index is 9.18. The molecule has 0 aromatic carbocycles. The molecule has 9 heavy (non-hydrogen) atoms. The number of ether oxygens (including phenoxy) is 1. The number of hydrogen-bond donors (Lipinski definition) is 2. The zero-order valence-corrected chi connectivity index (χ0v) is 5.63. The standard InChI is InChI=1S/C6H13NO2/c1-9-4-5-2-7-3-6(5)8/h5-8H,2-4H2,1H3/t5-,6+/m0/s1. The third-order valence-electron chi connectivity index (χ3n) is 1.68. The van der Waals surface area contributed by atoms with E-state index in [9.17, 15) is 5.11 Å². The van der Waals surface area contributed by atoms with Crippen LogP contribution in [0, 0.1) is 5.92 Å². The van der Waals surface area contributed by atoms with Gasteiger partial charge in [-0.1, -0.05) is 0 Å². The van der Waals surface area contributed by atoms with E-state index >= 15 is 0 Å². The van der Waals surface area contributed by atoms with Crippen molar-refractivity contribution < 1.29 is 9.84 Å². The van der Waals surface area contributed by atoms with Gasteiger partial charge in [0.25, 0.3) is 0 Å². The van der Waals surface area contributed by atoms with E-state index in [-0.39, 0.29) is 6.10 Å². The van der Waals surface area contributed by atoms with E-state index in [4.69, 9.17) is 4.74 Å². The predicted octanol–water partition coefficient (Wildman–Crippen LogP) is -0.787. The van der Waals surface area contributed by atoms with Crippen LogP contribution in [-0.2, 0) is 4.74 Å². The number of hydrogen-bond acceptors (Lipinski definition) is 3. The van der Waals surface area contributed by atoms with Gasteiger partial charge in [0.05, 0.1) is 12.7 Å². The zero-order valence-electron chi connectivity index (χ0n) is 5.63. The third-order valence-corrected chi connectivity index (χ3v) is 1.68. The molecular formula is C6H13NO2. The van der Waals surface area contributed by atoms with Gasteiger partial charge in [-0.05, 0) is 0 Å². The second-order valence-corrected chi connectivity index (χ2v) is 2.44. The van der Waals surface area contributed by atoms with E-state index in [0.29, 0.717) is 19.1 Å². The van der Waals surface area contributed by atoms with Crippen molar-refractivity contribution in [1.29, 1.82) is 0 Å². The molecule has 0 spiro atoms. The molecule has 0 aromatic rings. The van der Waals surface area contributed by atoms with Crippen LogP contribution in [0.1, 0.15) is 0 Å². The lowest BCUT2D eigenvalue weighted by Gasteiger charge is -2.10. The molecule has 1 aliphatic rings. The Morgan fingerprint density at radius 1 is 1.67 bits per heavy atom. The summed E-state index contributed by atoms with van der Waals surface area (Å²) in [5, 5.41) is 12.3. The van der Waals surface area contributed by atoms with Gasteiger partial charge in [-0.25, -0.2) is 0 Å². The first-order valence-electron chi connectivity index (χ1n) is 3.22. The highest BCUT2D eigenvalue weighted by molar-refractivity contribution is 4.79. The van der Waals surface area contributed by atoms with E-state index in [1.54, 1.807) is 7.11 Å². The molecule has 3 heteroatoms. The van der Waals surface area contributed by atoms with Crippen LogP contribution in [-0.4, -0.2) is 38.0 Å². The number of methoxy groups -OCH3 is 1. The molecule has 0 unspecified atom stereocenters. The average Bonchev–Trinajstić information content (AvgIpc) is 2.18. The van der Waals surface area contributed by atoms with Crippen LogP contribution >= 0.6 is 0 Å². The van der Waals surface area contributed by atoms with Gasteiger partial charge >= 0.3 is 0 Å². The summed E-state index contributed by atoms with van der Waals surface area (Å²) in [4.78, 5) is 0. The fourth-order valence-corrected chi connectivity index (χ4v) is 1.10. The number of aliphatic hydroxyl groups is 1.